The first-order valence-corrected chi connectivity index (χ1v) is 10.9. The van der Waals surface area contributed by atoms with E-state index in [4.69, 9.17) is 13.9 Å². The average molecular weight is 450 g/mol. The number of aryl methyl sites for hydroxylation is 2. The van der Waals surface area contributed by atoms with Gasteiger partial charge in [0.1, 0.15) is 11.5 Å². The van der Waals surface area contributed by atoms with Gasteiger partial charge in [-0.05, 0) is 43.3 Å². The normalized spacial score (nSPS) is 10.7. The Morgan fingerprint density at radius 1 is 1.12 bits per heavy atom. The highest BCUT2D eigenvalue weighted by Crippen LogP contribution is 2.33. The highest BCUT2D eigenvalue weighted by atomic mass is 32.1. The minimum absolute atomic E-state index is 0.147. The largest absolute Gasteiger partial charge is 0.497 e. The van der Waals surface area contributed by atoms with E-state index in [1.165, 1.54) is 11.3 Å². The number of nitrogens with zero attached hydrogens (tertiary/aromatic N) is 2. The van der Waals surface area contributed by atoms with Crippen molar-refractivity contribution in [3.63, 3.8) is 0 Å². The third-order valence-corrected chi connectivity index (χ3v) is 5.63. The molecule has 0 fully saturated rings. The molecule has 164 valence electrons. The van der Waals surface area contributed by atoms with Crippen molar-refractivity contribution >= 4 is 22.4 Å². The van der Waals surface area contributed by atoms with Crippen molar-refractivity contribution in [2.75, 3.05) is 19.5 Å². The van der Waals surface area contributed by atoms with Gasteiger partial charge in [-0.15, -0.1) is 11.3 Å². The molecule has 2 aromatic carbocycles. The Kier molecular flexibility index (Phi) is 6.51. The molecular formula is C24H23N3O4S. The van der Waals surface area contributed by atoms with Crippen LogP contribution in [0.5, 0.6) is 11.5 Å². The molecule has 2 aromatic heterocycles. The number of carbonyl (C=O) groups is 1. The van der Waals surface area contributed by atoms with Gasteiger partial charge in [-0.1, -0.05) is 11.6 Å². The fraction of sp³-hybridized carbons (Fsp3) is 0.208. The summed E-state index contributed by atoms with van der Waals surface area (Å²) in [6, 6.07) is 13.4. The van der Waals surface area contributed by atoms with E-state index in [-0.39, 0.29) is 12.3 Å². The van der Waals surface area contributed by atoms with E-state index < -0.39 is 0 Å². The van der Waals surface area contributed by atoms with Crippen LogP contribution < -0.4 is 14.8 Å². The zero-order chi connectivity index (χ0) is 22.5. The van der Waals surface area contributed by atoms with Crippen LogP contribution in [0, 0.1) is 6.92 Å². The monoisotopic (exact) mass is 449 g/mol. The molecule has 0 unspecified atom stereocenters. The van der Waals surface area contributed by atoms with Gasteiger partial charge in [0.05, 0.1) is 26.1 Å². The van der Waals surface area contributed by atoms with Crippen LogP contribution in [0.1, 0.15) is 17.9 Å². The van der Waals surface area contributed by atoms with Gasteiger partial charge < -0.3 is 19.2 Å². The molecule has 2 heterocycles. The van der Waals surface area contributed by atoms with Crippen molar-refractivity contribution in [1.29, 1.82) is 0 Å². The van der Waals surface area contributed by atoms with Crippen LogP contribution >= 0.6 is 11.3 Å². The van der Waals surface area contributed by atoms with E-state index in [0.29, 0.717) is 23.2 Å². The number of thiazole rings is 1. The molecule has 0 bridgehead atoms. The van der Waals surface area contributed by atoms with Gasteiger partial charge >= 0.3 is 0 Å². The quantitative estimate of drug-likeness (QED) is 0.390. The second-order valence-corrected chi connectivity index (χ2v) is 7.99. The van der Waals surface area contributed by atoms with Crippen LogP contribution in [-0.4, -0.2) is 30.1 Å². The summed E-state index contributed by atoms with van der Waals surface area (Å²) >= 11 is 1.38. The molecule has 0 saturated carbocycles. The van der Waals surface area contributed by atoms with Crippen molar-refractivity contribution in [2.45, 2.75) is 19.8 Å². The molecule has 4 aromatic rings. The van der Waals surface area contributed by atoms with Crippen LogP contribution in [-0.2, 0) is 11.2 Å². The standard InChI is InChI=1S/C24H23N3O4S/c1-15-4-9-20(30-3)18(12-15)19-14-32-24(26-19)27-22(28)10-11-23-25-13-21(31-23)16-5-7-17(29-2)8-6-16/h4-9,12-14H,10-11H2,1-3H3,(H,26,27,28). The maximum absolute atomic E-state index is 12.4. The fourth-order valence-corrected chi connectivity index (χ4v) is 3.92. The Morgan fingerprint density at radius 2 is 1.94 bits per heavy atom. The summed E-state index contributed by atoms with van der Waals surface area (Å²) in [7, 11) is 3.25. The van der Waals surface area contributed by atoms with Gasteiger partial charge in [0.15, 0.2) is 16.8 Å². The summed E-state index contributed by atoms with van der Waals surface area (Å²) in [4.78, 5) is 21.2. The first kappa shape index (κ1) is 21.6. The lowest BCUT2D eigenvalue weighted by Crippen LogP contribution is -2.12. The molecule has 7 nitrogen and oxygen atoms in total. The fourth-order valence-electron chi connectivity index (χ4n) is 3.19. The molecule has 8 heteroatoms. The second-order valence-electron chi connectivity index (χ2n) is 7.14. The lowest BCUT2D eigenvalue weighted by molar-refractivity contribution is -0.116. The van der Waals surface area contributed by atoms with Crippen molar-refractivity contribution in [2.24, 2.45) is 0 Å². The first-order valence-electron chi connectivity index (χ1n) is 10.0. The number of methoxy groups -OCH3 is 2. The predicted octanol–water partition coefficient (Wildman–Crippen LogP) is 5.36. The lowest BCUT2D eigenvalue weighted by Gasteiger charge is -2.07. The molecule has 0 spiro atoms. The van der Waals surface area contributed by atoms with Gasteiger partial charge in [0.25, 0.3) is 0 Å². The summed E-state index contributed by atoms with van der Waals surface area (Å²) in [5.41, 5.74) is 3.67. The molecular weight excluding hydrogens is 426 g/mol. The highest BCUT2D eigenvalue weighted by molar-refractivity contribution is 7.14. The van der Waals surface area contributed by atoms with Crippen molar-refractivity contribution < 1.29 is 18.7 Å². The third-order valence-electron chi connectivity index (χ3n) is 4.88. The first-order chi connectivity index (χ1) is 15.6. The van der Waals surface area contributed by atoms with Gasteiger partial charge in [-0.3, -0.25) is 4.79 Å². The number of oxazole rings is 1. The maximum atomic E-state index is 12.4. The van der Waals surface area contributed by atoms with Crippen LogP contribution in [0.4, 0.5) is 5.13 Å². The third kappa shape index (κ3) is 4.97. The number of benzene rings is 2. The van der Waals surface area contributed by atoms with E-state index in [1.807, 2.05) is 54.8 Å². The molecule has 0 aliphatic heterocycles. The smallest absolute Gasteiger partial charge is 0.226 e. The van der Waals surface area contributed by atoms with Crippen LogP contribution in [0.3, 0.4) is 0 Å². The molecule has 1 N–H and O–H groups in total. The molecule has 0 atom stereocenters. The van der Waals surface area contributed by atoms with Crippen molar-refractivity contribution in [1.82, 2.24) is 9.97 Å². The molecule has 0 aliphatic rings. The van der Waals surface area contributed by atoms with Crippen molar-refractivity contribution in [3.8, 4) is 34.1 Å². The SMILES string of the molecule is COc1ccc(-c2cnc(CCC(=O)Nc3nc(-c4cc(C)ccc4OC)cs3)o2)cc1. The van der Waals surface area contributed by atoms with Gasteiger partial charge in [0, 0.05) is 29.3 Å². The number of hydrogen-bond donors (Lipinski definition) is 1. The topological polar surface area (TPSA) is 86.5 Å². The van der Waals surface area contributed by atoms with Crippen LogP contribution in [0.15, 0.2) is 58.5 Å². The van der Waals surface area contributed by atoms with Gasteiger partial charge in [-0.2, -0.15) is 0 Å². The number of aromatic nitrogens is 2. The summed E-state index contributed by atoms with van der Waals surface area (Å²) in [6.45, 7) is 2.01. The molecule has 0 radical (unpaired) electrons. The van der Waals surface area contributed by atoms with Gasteiger partial charge in [-0.25, -0.2) is 9.97 Å². The van der Waals surface area contributed by atoms with E-state index in [2.05, 4.69) is 15.3 Å². The zero-order valence-electron chi connectivity index (χ0n) is 18.0. The number of nitrogens with one attached hydrogen (secondary N) is 1. The summed E-state index contributed by atoms with van der Waals surface area (Å²) in [5, 5.41) is 5.30. The predicted molar refractivity (Wildman–Crippen MR) is 124 cm³/mol. The van der Waals surface area contributed by atoms with Gasteiger partial charge in [0.2, 0.25) is 5.91 Å². The number of hydrogen-bond acceptors (Lipinski definition) is 7. The molecule has 4 rings (SSSR count). The summed E-state index contributed by atoms with van der Waals surface area (Å²) in [6.07, 6.45) is 2.30. The summed E-state index contributed by atoms with van der Waals surface area (Å²) in [5.74, 6) is 2.54. The highest BCUT2D eigenvalue weighted by Gasteiger charge is 2.13. The number of rotatable bonds is 8. The Balaban J connectivity index is 1.35. The number of carbonyl (C=O) groups excluding carboxylic acids is 1. The zero-order valence-corrected chi connectivity index (χ0v) is 18.9. The summed E-state index contributed by atoms with van der Waals surface area (Å²) < 4.78 is 16.4. The minimum atomic E-state index is -0.147. The molecule has 0 saturated heterocycles. The van der Waals surface area contributed by atoms with Crippen molar-refractivity contribution in [3.05, 3.63) is 65.5 Å². The number of anilines is 1. The molecule has 0 aliphatic carbocycles. The average Bonchev–Trinajstić information content (AvgIpc) is 3.47. The van der Waals surface area contributed by atoms with E-state index in [1.54, 1.807) is 20.4 Å². The number of ether oxygens (including phenoxy) is 2. The Morgan fingerprint density at radius 3 is 2.69 bits per heavy atom. The minimum Gasteiger partial charge on any atom is -0.497 e. The van der Waals surface area contributed by atoms with Crippen LogP contribution in [0.2, 0.25) is 0 Å². The maximum Gasteiger partial charge on any atom is 0.226 e. The van der Waals surface area contributed by atoms with E-state index in [0.717, 1.165) is 33.9 Å². The number of amides is 1. The second kappa shape index (κ2) is 9.65. The lowest BCUT2D eigenvalue weighted by atomic mass is 10.1. The van der Waals surface area contributed by atoms with E-state index in [9.17, 15) is 4.79 Å². The Bertz CT molecular complexity index is 1210. The van der Waals surface area contributed by atoms with Crippen LogP contribution in [0.25, 0.3) is 22.6 Å². The van der Waals surface area contributed by atoms with E-state index >= 15 is 0 Å². The molecule has 1 amide bonds. The molecule has 32 heavy (non-hydrogen) atoms. The Hall–Kier alpha value is -3.65. The Labute approximate surface area is 190 Å².